The van der Waals surface area contributed by atoms with E-state index < -0.39 is 0 Å². The molecule has 1 aromatic heterocycles. The maximum atomic E-state index is 12.3. The second-order valence-electron chi connectivity index (χ2n) is 5.93. The summed E-state index contributed by atoms with van der Waals surface area (Å²) in [6.45, 7) is 5.75. The lowest BCUT2D eigenvalue weighted by molar-refractivity contribution is 0.102. The fourth-order valence-electron chi connectivity index (χ4n) is 2.11. The van der Waals surface area contributed by atoms with Crippen LogP contribution in [0.4, 0.5) is 11.4 Å². The van der Waals surface area contributed by atoms with Crippen molar-refractivity contribution in [2.75, 3.05) is 37.8 Å². The molecule has 122 valence electrons. The van der Waals surface area contributed by atoms with E-state index in [0.29, 0.717) is 5.69 Å². The Morgan fingerprint density at radius 1 is 1.17 bits per heavy atom. The molecule has 1 aromatic carbocycles. The highest BCUT2D eigenvalue weighted by molar-refractivity contribution is 6.03. The van der Waals surface area contributed by atoms with E-state index in [9.17, 15) is 4.79 Å². The zero-order valence-corrected chi connectivity index (χ0v) is 14.2. The Morgan fingerprint density at radius 2 is 1.96 bits per heavy atom. The van der Waals surface area contributed by atoms with E-state index in [1.54, 1.807) is 12.3 Å². The summed E-state index contributed by atoms with van der Waals surface area (Å²) in [4.78, 5) is 18.6. The van der Waals surface area contributed by atoms with Gasteiger partial charge in [-0.1, -0.05) is 12.1 Å². The number of carbonyl (C=O) groups is 1. The Morgan fingerprint density at radius 3 is 2.61 bits per heavy atom. The van der Waals surface area contributed by atoms with Gasteiger partial charge in [-0.3, -0.25) is 4.79 Å². The lowest BCUT2D eigenvalue weighted by atomic mass is 10.1. The minimum atomic E-state index is -0.196. The molecule has 0 bridgehead atoms. The molecule has 0 aliphatic heterocycles. The Balaban J connectivity index is 1.98. The van der Waals surface area contributed by atoms with Gasteiger partial charge in [0.2, 0.25) is 0 Å². The maximum Gasteiger partial charge on any atom is 0.274 e. The average molecular weight is 312 g/mol. The first-order valence-electron chi connectivity index (χ1n) is 7.69. The quantitative estimate of drug-likeness (QED) is 0.861. The van der Waals surface area contributed by atoms with Crippen molar-refractivity contribution in [3.05, 3.63) is 53.3 Å². The van der Waals surface area contributed by atoms with Crippen LogP contribution >= 0.6 is 0 Å². The number of benzene rings is 1. The Hall–Kier alpha value is -2.40. The molecular formula is C18H24N4O. The topological polar surface area (TPSA) is 57.3 Å². The number of pyridine rings is 1. The molecule has 0 radical (unpaired) electrons. The van der Waals surface area contributed by atoms with Crippen molar-refractivity contribution in [1.82, 2.24) is 9.88 Å². The van der Waals surface area contributed by atoms with E-state index in [0.717, 1.165) is 35.6 Å². The average Bonchev–Trinajstić information content (AvgIpc) is 2.51. The number of hydrogen-bond acceptors (Lipinski definition) is 4. The van der Waals surface area contributed by atoms with Crippen LogP contribution < -0.4 is 10.6 Å². The number of amides is 1. The van der Waals surface area contributed by atoms with Gasteiger partial charge in [-0.05, 0) is 57.3 Å². The minimum Gasteiger partial charge on any atom is -0.383 e. The summed E-state index contributed by atoms with van der Waals surface area (Å²) in [6.07, 6.45) is 1.69. The molecule has 1 amide bonds. The Labute approximate surface area is 137 Å². The number of nitrogens with one attached hydrogen (secondary N) is 2. The van der Waals surface area contributed by atoms with Crippen LogP contribution in [0.1, 0.15) is 21.6 Å². The van der Waals surface area contributed by atoms with Gasteiger partial charge in [-0.2, -0.15) is 0 Å². The van der Waals surface area contributed by atoms with E-state index in [-0.39, 0.29) is 5.91 Å². The predicted molar refractivity (Wildman–Crippen MR) is 95.1 cm³/mol. The van der Waals surface area contributed by atoms with Gasteiger partial charge in [0.15, 0.2) is 0 Å². The van der Waals surface area contributed by atoms with Crippen LogP contribution in [0, 0.1) is 13.8 Å². The molecule has 2 aromatic rings. The van der Waals surface area contributed by atoms with Crippen LogP contribution in [0.3, 0.4) is 0 Å². The van der Waals surface area contributed by atoms with E-state index in [1.807, 2.05) is 52.2 Å². The molecule has 0 unspecified atom stereocenters. The zero-order valence-electron chi connectivity index (χ0n) is 14.2. The normalized spacial score (nSPS) is 10.7. The first-order valence-corrected chi connectivity index (χ1v) is 7.69. The largest absolute Gasteiger partial charge is 0.383 e. The summed E-state index contributed by atoms with van der Waals surface area (Å²) in [5.74, 6) is -0.196. The van der Waals surface area contributed by atoms with Crippen LogP contribution in [0.25, 0.3) is 0 Å². The van der Waals surface area contributed by atoms with Crippen LogP contribution in [0.5, 0.6) is 0 Å². The van der Waals surface area contributed by atoms with Crippen LogP contribution in [-0.4, -0.2) is 43.0 Å². The van der Waals surface area contributed by atoms with Crippen LogP contribution in [-0.2, 0) is 0 Å². The van der Waals surface area contributed by atoms with Crippen molar-refractivity contribution >= 4 is 17.3 Å². The third-order valence-electron chi connectivity index (χ3n) is 3.53. The van der Waals surface area contributed by atoms with Crippen molar-refractivity contribution in [3.8, 4) is 0 Å². The summed E-state index contributed by atoms with van der Waals surface area (Å²) >= 11 is 0. The lowest BCUT2D eigenvalue weighted by Gasteiger charge is -2.12. The van der Waals surface area contributed by atoms with E-state index >= 15 is 0 Å². The molecule has 0 saturated carbocycles. The number of aromatic nitrogens is 1. The number of nitrogens with zero attached hydrogens (tertiary/aromatic N) is 2. The van der Waals surface area contributed by atoms with Gasteiger partial charge in [-0.25, -0.2) is 4.98 Å². The molecule has 0 fully saturated rings. The lowest BCUT2D eigenvalue weighted by Crippen LogP contribution is -2.21. The van der Waals surface area contributed by atoms with Gasteiger partial charge in [-0.15, -0.1) is 0 Å². The molecule has 2 N–H and O–H groups in total. The van der Waals surface area contributed by atoms with Crippen molar-refractivity contribution in [1.29, 1.82) is 0 Å². The smallest absolute Gasteiger partial charge is 0.274 e. The maximum absolute atomic E-state index is 12.3. The fraction of sp³-hybridized carbons (Fsp3) is 0.333. The van der Waals surface area contributed by atoms with Crippen molar-refractivity contribution in [3.63, 3.8) is 0 Å². The highest BCUT2D eigenvalue weighted by Crippen LogP contribution is 2.17. The molecule has 5 nitrogen and oxygen atoms in total. The molecule has 2 rings (SSSR count). The second kappa shape index (κ2) is 7.74. The first kappa shape index (κ1) is 17.0. The standard InChI is InChI=1S/C18H24N4O/c1-13-5-6-14(2)17(11-13)21-18(23)16-8-7-15(12-20-16)19-9-10-22(3)4/h5-8,11-12,19H,9-10H2,1-4H3,(H,21,23). The number of rotatable bonds is 6. The number of anilines is 2. The summed E-state index contributed by atoms with van der Waals surface area (Å²) in [5.41, 5.74) is 4.29. The van der Waals surface area contributed by atoms with Crippen molar-refractivity contribution in [2.45, 2.75) is 13.8 Å². The minimum absolute atomic E-state index is 0.196. The van der Waals surface area contributed by atoms with Gasteiger partial charge in [0.1, 0.15) is 5.69 Å². The van der Waals surface area contributed by atoms with Gasteiger partial charge >= 0.3 is 0 Å². The van der Waals surface area contributed by atoms with Gasteiger partial charge in [0.05, 0.1) is 11.9 Å². The highest BCUT2D eigenvalue weighted by Gasteiger charge is 2.09. The zero-order chi connectivity index (χ0) is 16.8. The monoisotopic (exact) mass is 312 g/mol. The van der Waals surface area contributed by atoms with Gasteiger partial charge < -0.3 is 15.5 Å². The molecule has 0 saturated heterocycles. The van der Waals surface area contributed by atoms with Crippen molar-refractivity contribution < 1.29 is 4.79 Å². The van der Waals surface area contributed by atoms with E-state index in [4.69, 9.17) is 0 Å². The molecule has 23 heavy (non-hydrogen) atoms. The first-order chi connectivity index (χ1) is 11.0. The van der Waals surface area contributed by atoms with Gasteiger partial charge in [0, 0.05) is 18.8 Å². The molecule has 1 heterocycles. The summed E-state index contributed by atoms with van der Waals surface area (Å²) < 4.78 is 0. The Kier molecular flexibility index (Phi) is 5.71. The fourth-order valence-corrected chi connectivity index (χ4v) is 2.11. The number of carbonyl (C=O) groups excluding carboxylic acids is 1. The summed E-state index contributed by atoms with van der Waals surface area (Å²) in [7, 11) is 4.06. The summed E-state index contributed by atoms with van der Waals surface area (Å²) in [5, 5.41) is 6.19. The molecule has 0 aliphatic carbocycles. The van der Waals surface area contributed by atoms with Gasteiger partial charge in [0.25, 0.3) is 5.91 Å². The molecule has 0 aliphatic rings. The Bertz CT molecular complexity index is 665. The third kappa shape index (κ3) is 5.07. The van der Waals surface area contributed by atoms with E-state index in [1.165, 1.54) is 0 Å². The number of aryl methyl sites for hydroxylation is 2. The summed E-state index contributed by atoms with van der Waals surface area (Å²) in [6, 6.07) is 9.59. The molecule has 0 atom stereocenters. The number of hydrogen-bond donors (Lipinski definition) is 2. The third-order valence-corrected chi connectivity index (χ3v) is 3.53. The van der Waals surface area contributed by atoms with E-state index in [2.05, 4.69) is 20.5 Å². The highest BCUT2D eigenvalue weighted by atomic mass is 16.1. The number of likely N-dealkylation sites (N-methyl/N-ethyl adjacent to an activating group) is 1. The second-order valence-corrected chi connectivity index (χ2v) is 5.93. The van der Waals surface area contributed by atoms with Crippen LogP contribution in [0.15, 0.2) is 36.5 Å². The molecule has 5 heteroatoms. The molecular weight excluding hydrogens is 288 g/mol. The predicted octanol–water partition coefficient (Wildman–Crippen LogP) is 2.92. The molecule has 0 spiro atoms. The van der Waals surface area contributed by atoms with Crippen molar-refractivity contribution in [2.24, 2.45) is 0 Å². The SMILES string of the molecule is Cc1ccc(C)c(NC(=O)c2ccc(NCCN(C)C)cn2)c1. The van der Waals surface area contributed by atoms with Crippen LogP contribution in [0.2, 0.25) is 0 Å².